The van der Waals surface area contributed by atoms with E-state index in [1.807, 2.05) is 4.90 Å². The van der Waals surface area contributed by atoms with E-state index in [2.05, 4.69) is 23.7 Å². The first kappa shape index (κ1) is 12.4. The summed E-state index contributed by atoms with van der Waals surface area (Å²) in [6.45, 7) is 4.58. The molecule has 94 valence electrons. The Bertz CT molecular complexity index is 367. The van der Waals surface area contributed by atoms with E-state index in [0.29, 0.717) is 6.54 Å². The third-order valence-electron chi connectivity index (χ3n) is 3.26. The third-order valence-corrected chi connectivity index (χ3v) is 4.28. The molecule has 1 aliphatic rings. The molecule has 0 unspecified atom stereocenters. The number of thiophene rings is 1. The van der Waals surface area contributed by atoms with Gasteiger partial charge in [0.15, 0.2) is 0 Å². The maximum atomic E-state index is 12.0. The zero-order valence-corrected chi connectivity index (χ0v) is 11.2. The van der Waals surface area contributed by atoms with Crippen LogP contribution in [0, 0.1) is 6.92 Å². The average molecular weight is 252 g/mol. The first-order valence-electron chi connectivity index (χ1n) is 6.33. The summed E-state index contributed by atoms with van der Waals surface area (Å²) in [7, 11) is 0. The fraction of sp³-hybridized carbons (Fsp3) is 0.615. The van der Waals surface area contributed by atoms with Crippen LogP contribution in [0.25, 0.3) is 0 Å². The van der Waals surface area contributed by atoms with E-state index < -0.39 is 0 Å². The molecular formula is C13H20N2OS. The van der Waals surface area contributed by atoms with Gasteiger partial charge in [-0.25, -0.2) is 4.79 Å². The zero-order valence-electron chi connectivity index (χ0n) is 10.4. The number of rotatable bonds is 2. The van der Waals surface area contributed by atoms with Crippen LogP contribution in [0.1, 0.15) is 36.1 Å². The van der Waals surface area contributed by atoms with E-state index in [9.17, 15) is 4.79 Å². The number of urea groups is 1. The summed E-state index contributed by atoms with van der Waals surface area (Å²) in [5.41, 5.74) is 1.27. The molecule has 3 nitrogen and oxygen atoms in total. The van der Waals surface area contributed by atoms with Gasteiger partial charge in [0, 0.05) is 18.0 Å². The van der Waals surface area contributed by atoms with Crippen LogP contribution in [0.15, 0.2) is 11.4 Å². The van der Waals surface area contributed by atoms with Gasteiger partial charge in [-0.05, 0) is 36.8 Å². The summed E-state index contributed by atoms with van der Waals surface area (Å²) in [6.07, 6.45) is 4.80. The SMILES string of the molecule is Cc1ccsc1CNC(=O)N1CCCCCC1. The average Bonchev–Trinajstić information content (AvgIpc) is 2.58. The smallest absolute Gasteiger partial charge is 0.317 e. The molecule has 0 bridgehead atoms. The molecule has 17 heavy (non-hydrogen) atoms. The summed E-state index contributed by atoms with van der Waals surface area (Å²) in [5, 5.41) is 5.09. The molecule has 1 fully saturated rings. The summed E-state index contributed by atoms with van der Waals surface area (Å²) in [4.78, 5) is 15.2. The predicted octanol–water partition coefficient (Wildman–Crippen LogP) is 3.14. The summed E-state index contributed by atoms with van der Waals surface area (Å²) < 4.78 is 0. The molecule has 2 rings (SSSR count). The number of hydrogen-bond donors (Lipinski definition) is 1. The molecule has 0 spiro atoms. The van der Waals surface area contributed by atoms with Crippen LogP contribution in [0.5, 0.6) is 0 Å². The standard InChI is InChI=1S/C13H20N2OS/c1-11-6-9-17-12(11)10-14-13(16)15-7-4-2-3-5-8-15/h6,9H,2-5,7-8,10H2,1H3,(H,14,16). The topological polar surface area (TPSA) is 32.3 Å². The Labute approximate surface area is 107 Å². The lowest BCUT2D eigenvalue weighted by Gasteiger charge is -2.20. The van der Waals surface area contributed by atoms with Gasteiger partial charge in [-0.15, -0.1) is 11.3 Å². The molecular weight excluding hydrogens is 232 g/mol. The molecule has 1 saturated heterocycles. The van der Waals surface area contributed by atoms with E-state index >= 15 is 0 Å². The number of hydrogen-bond acceptors (Lipinski definition) is 2. The zero-order chi connectivity index (χ0) is 12.1. The fourth-order valence-corrected chi connectivity index (χ4v) is 2.97. The highest BCUT2D eigenvalue weighted by Crippen LogP contribution is 2.15. The van der Waals surface area contributed by atoms with Gasteiger partial charge in [-0.3, -0.25) is 0 Å². The van der Waals surface area contributed by atoms with Crippen molar-refractivity contribution in [1.82, 2.24) is 10.2 Å². The Morgan fingerprint density at radius 3 is 2.65 bits per heavy atom. The minimum absolute atomic E-state index is 0.0969. The van der Waals surface area contributed by atoms with Crippen LogP contribution < -0.4 is 5.32 Å². The Balaban J connectivity index is 1.82. The minimum Gasteiger partial charge on any atom is -0.333 e. The quantitative estimate of drug-likeness (QED) is 0.861. The maximum Gasteiger partial charge on any atom is 0.317 e. The number of likely N-dealkylation sites (tertiary alicyclic amines) is 1. The lowest BCUT2D eigenvalue weighted by molar-refractivity contribution is 0.199. The van der Waals surface area contributed by atoms with Crippen LogP contribution in [-0.4, -0.2) is 24.0 Å². The highest BCUT2D eigenvalue weighted by Gasteiger charge is 2.15. The highest BCUT2D eigenvalue weighted by atomic mass is 32.1. The molecule has 0 atom stereocenters. The molecule has 1 N–H and O–H groups in total. The first-order valence-corrected chi connectivity index (χ1v) is 7.21. The van der Waals surface area contributed by atoms with Crippen LogP contribution in [0.4, 0.5) is 4.79 Å². The molecule has 4 heteroatoms. The van der Waals surface area contributed by atoms with Gasteiger partial charge >= 0.3 is 6.03 Å². The molecule has 0 saturated carbocycles. The summed E-state index contributed by atoms with van der Waals surface area (Å²) >= 11 is 1.71. The van der Waals surface area contributed by atoms with E-state index in [1.54, 1.807) is 11.3 Å². The van der Waals surface area contributed by atoms with E-state index in [1.165, 1.54) is 23.3 Å². The van der Waals surface area contributed by atoms with Crippen LogP contribution in [-0.2, 0) is 6.54 Å². The molecule has 2 amide bonds. The van der Waals surface area contributed by atoms with E-state index in [4.69, 9.17) is 0 Å². The molecule has 0 aromatic carbocycles. The largest absolute Gasteiger partial charge is 0.333 e. The number of carbonyl (C=O) groups excluding carboxylic acids is 1. The van der Waals surface area contributed by atoms with Gasteiger partial charge in [0.25, 0.3) is 0 Å². The van der Waals surface area contributed by atoms with Crippen molar-refractivity contribution in [3.63, 3.8) is 0 Å². The molecule has 1 aromatic heterocycles. The van der Waals surface area contributed by atoms with Gasteiger partial charge in [0.05, 0.1) is 6.54 Å². The molecule has 2 heterocycles. The Hall–Kier alpha value is -1.03. The van der Waals surface area contributed by atoms with Crippen molar-refractivity contribution in [1.29, 1.82) is 0 Å². The fourth-order valence-electron chi connectivity index (χ4n) is 2.13. The van der Waals surface area contributed by atoms with Crippen molar-refractivity contribution in [3.8, 4) is 0 Å². The monoisotopic (exact) mass is 252 g/mol. The van der Waals surface area contributed by atoms with Crippen molar-refractivity contribution >= 4 is 17.4 Å². The lowest BCUT2D eigenvalue weighted by Crippen LogP contribution is -2.40. The predicted molar refractivity (Wildman–Crippen MR) is 71.3 cm³/mol. The molecule has 1 aromatic rings. The second-order valence-corrected chi connectivity index (χ2v) is 5.59. The van der Waals surface area contributed by atoms with Gasteiger partial charge in [0.2, 0.25) is 0 Å². The number of aryl methyl sites for hydroxylation is 1. The summed E-state index contributed by atoms with van der Waals surface area (Å²) in [6, 6.07) is 2.19. The third kappa shape index (κ3) is 3.46. The van der Waals surface area contributed by atoms with Crippen molar-refractivity contribution < 1.29 is 4.79 Å². The molecule has 1 aliphatic heterocycles. The highest BCUT2D eigenvalue weighted by molar-refractivity contribution is 7.10. The summed E-state index contributed by atoms with van der Waals surface area (Å²) in [5.74, 6) is 0. The normalized spacial score (nSPS) is 16.6. The molecule has 0 radical (unpaired) electrons. The second kappa shape index (κ2) is 6.05. The van der Waals surface area contributed by atoms with Crippen LogP contribution in [0.2, 0.25) is 0 Å². The minimum atomic E-state index is 0.0969. The maximum absolute atomic E-state index is 12.0. The Morgan fingerprint density at radius 2 is 2.06 bits per heavy atom. The van der Waals surface area contributed by atoms with Gasteiger partial charge < -0.3 is 10.2 Å². The number of nitrogens with one attached hydrogen (secondary N) is 1. The second-order valence-electron chi connectivity index (χ2n) is 4.59. The van der Waals surface area contributed by atoms with Gasteiger partial charge in [0.1, 0.15) is 0 Å². The Morgan fingerprint density at radius 1 is 1.35 bits per heavy atom. The number of amides is 2. The van der Waals surface area contributed by atoms with E-state index in [0.717, 1.165) is 25.9 Å². The van der Waals surface area contributed by atoms with Crippen molar-refractivity contribution in [2.24, 2.45) is 0 Å². The van der Waals surface area contributed by atoms with Crippen molar-refractivity contribution in [2.75, 3.05) is 13.1 Å². The van der Waals surface area contributed by atoms with Crippen molar-refractivity contribution in [3.05, 3.63) is 21.9 Å². The Kier molecular flexibility index (Phi) is 4.42. The van der Waals surface area contributed by atoms with Crippen molar-refractivity contribution in [2.45, 2.75) is 39.2 Å². The van der Waals surface area contributed by atoms with E-state index in [-0.39, 0.29) is 6.03 Å². The van der Waals surface area contributed by atoms with Gasteiger partial charge in [-0.1, -0.05) is 12.8 Å². The van der Waals surface area contributed by atoms with Crippen LogP contribution >= 0.6 is 11.3 Å². The number of carbonyl (C=O) groups is 1. The first-order chi connectivity index (χ1) is 8.27. The van der Waals surface area contributed by atoms with Crippen LogP contribution in [0.3, 0.4) is 0 Å². The lowest BCUT2D eigenvalue weighted by atomic mass is 10.2. The molecule has 0 aliphatic carbocycles. The van der Waals surface area contributed by atoms with Gasteiger partial charge in [-0.2, -0.15) is 0 Å². The number of nitrogens with zero attached hydrogens (tertiary/aromatic N) is 1.